The van der Waals surface area contributed by atoms with E-state index in [2.05, 4.69) is 16.0 Å². The average molecular weight is 321 g/mol. The molecule has 0 aliphatic carbocycles. The standard InChI is InChI=1S/C16H23N3O4/c1-12(20)18-14-3-2-4-15(11-14)23-10-7-17-16(21)19-13-5-8-22-9-6-13/h2-4,11,13H,5-10H2,1H3,(H,18,20)(H2,17,19,21). The fraction of sp³-hybridized carbons (Fsp3) is 0.500. The van der Waals surface area contributed by atoms with Gasteiger partial charge in [0.25, 0.3) is 0 Å². The Balaban J connectivity index is 1.64. The number of amides is 3. The number of carbonyl (C=O) groups excluding carboxylic acids is 2. The molecule has 7 nitrogen and oxygen atoms in total. The summed E-state index contributed by atoms with van der Waals surface area (Å²) >= 11 is 0. The van der Waals surface area contributed by atoms with E-state index in [4.69, 9.17) is 9.47 Å². The Labute approximate surface area is 135 Å². The van der Waals surface area contributed by atoms with E-state index < -0.39 is 0 Å². The molecule has 23 heavy (non-hydrogen) atoms. The Morgan fingerprint density at radius 2 is 2.09 bits per heavy atom. The number of urea groups is 1. The van der Waals surface area contributed by atoms with E-state index in [0.717, 1.165) is 12.8 Å². The summed E-state index contributed by atoms with van der Waals surface area (Å²) in [7, 11) is 0. The van der Waals surface area contributed by atoms with Gasteiger partial charge in [-0.05, 0) is 25.0 Å². The third-order valence-corrected chi connectivity index (χ3v) is 3.37. The van der Waals surface area contributed by atoms with Crippen molar-refractivity contribution in [2.24, 2.45) is 0 Å². The van der Waals surface area contributed by atoms with Crippen LogP contribution in [0.15, 0.2) is 24.3 Å². The Hall–Kier alpha value is -2.28. The van der Waals surface area contributed by atoms with E-state index in [0.29, 0.717) is 37.8 Å². The molecule has 1 aromatic carbocycles. The van der Waals surface area contributed by atoms with Crippen molar-refractivity contribution < 1.29 is 19.1 Å². The van der Waals surface area contributed by atoms with Crippen LogP contribution in [0.25, 0.3) is 0 Å². The zero-order chi connectivity index (χ0) is 16.5. The first-order chi connectivity index (χ1) is 11.1. The van der Waals surface area contributed by atoms with Crippen LogP contribution in [0.4, 0.5) is 10.5 Å². The van der Waals surface area contributed by atoms with Crippen LogP contribution in [-0.4, -0.2) is 44.3 Å². The van der Waals surface area contributed by atoms with E-state index in [9.17, 15) is 9.59 Å². The first-order valence-electron chi connectivity index (χ1n) is 7.76. The molecule has 0 spiro atoms. The third kappa shape index (κ3) is 6.56. The molecule has 1 aliphatic rings. The summed E-state index contributed by atoms with van der Waals surface area (Å²) in [4.78, 5) is 22.7. The lowest BCUT2D eigenvalue weighted by Gasteiger charge is -2.23. The van der Waals surface area contributed by atoms with Gasteiger partial charge < -0.3 is 25.4 Å². The van der Waals surface area contributed by atoms with E-state index in [-0.39, 0.29) is 18.0 Å². The zero-order valence-electron chi connectivity index (χ0n) is 13.3. The van der Waals surface area contributed by atoms with E-state index in [1.54, 1.807) is 24.3 Å². The molecule has 0 saturated carbocycles. The van der Waals surface area contributed by atoms with Crippen LogP contribution in [0, 0.1) is 0 Å². The van der Waals surface area contributed by atoms with Gasteiger partial charge in [0.05, 0.1) is 6.54 Å². The summed E-state index contributed by atoms with van der Waals surface area (Å²) in [6.07, 6.45) is 1.69. The molecule has 1 heterocycles. The second-order valence-corrected chi connectivity index (χ2v) is 5.34. The summed E-state index contributed by atoms with van der Waals surface area (Å²) in [6.45, 7) is 3.59. The Kier molecular flexibility index (Phi) is 6.68. The van der Waals surface area contributed by atoms with Crippen molar-refractivity contribution in [3.05, 3.63) is 24.3 Å². The number of benzene rings is 1. The maximum atomic E-state index is 11.7. The van der Waals surface area contributed by atoms with E-state index in [1.165, 1.54) is 6.92 Å². The number of anilines is 1. The highest BCUT2D eigenvalue weighted by molar-refractivity contribution is 5.88. The number of ether oxygens (including phenoxy) is 2. The summed E-state index contributed by atoms with van der Waals surface area (Å²) < 4.78 is 10.8. The van der Waals surface area contributed by atoms with Crippen molar-refractivity contribution in [1.82, 2.24) is 10.6 Å². The number of carbonyl (C=O) groups is 2. The molecule has 3 amide bonds. The predicted octanol–water partition coefficient (Wildman–Crippen LogP) is 1.50. The van der Waals surface area contributed by atoms with Crippen LogP contribution in [0.2, 0.25) is 0 Å². The van der Waals surface area contributed by atoms with Crippen LogP contribution in [-0.2, 0) is 9.53 Å². The molecular formula is C16H23N3O4. The van der Waals surface area contributed by atoms with E-state index in [1.807, 2.05) is 0 Å². The van der Waals surface area contributed by atoms with Crippen molar-refractivity contribution in [2.75, 3.05) is 31.7 Å². The van der Waals surface area contributed by atoms with Crippen molar-refractivity contribution in [3.8, 4) is 5.75 Å². The normalized spacial score (nSPS) is 14.8. The summed E-state index contributed by atoms with van der Waals surface area (Å²) in [6, 6.07) is 7.11. The number of rotatable bonds is 6. The predicted molar refractivity (Wildman–Crippen MR) is 86.6 cm³/mol. The Morgan fingerprint density at radius 3 is 2.83 bits per heavy atom. The van der Waals surface area contributed by atoms with Crippen molar-refractivity contribution in [3.63, 3.8) is 0 Å². The molecule has 0 unspecified atom stereocenters. The number of hydrogen-bond acceptors (Lipinski definition) is 4. The fourth-order valence-electron chi connectivity index (χ4n) is 2.28. The minimum atomic E-state index is -0.188. The molecule has 7 heteroatoms. The molecule has 126 valence electrons. The maximum Gasteiger partial charge on any atom is 0.315 e. The second-order valence-electron chi connectivity index (χ2n) is 5.34. The van der Waals surface area contributed by atoms with Gasteiger partial charge in [0.15, 0.2) is 0 Å². The maximum absolute atomic E-state index is 11.7. The minimum Gasteiger partial charge on any atom is -0.492 e. The van der Waals surface area contributed by atoms with Crippen molar-refractivity contribution in [1.29, 1.82) is 0 Å². The quantitative estimate of drug-likeness (QED) is 0.693. The molecule has 1 aliphatic heterocycles. The van der Waals surface area contributed by atoms with Crippen molar-refractivity contribution in [2.45, 2.75) is 25.8 Å². The molecular weight excluding hydrogens is 298 g/mol. The molecule has 0 radical (unpaired) electrons. The highest BCUT2D eigenvalue weighted by atomic mass is 16.5. The summed E-state index contributed by atoms with van der Waals surface area (Å²) in [5.74, 6) is 0.511. The van der Waals surface area contributed by atoms with Gasteiger partial charge in [-0.1, -0.05) is 6.07 Å². The van der Waals surface area contributed by atoms with Crippen LogP contribution in [0.3, 0.4) is 0 Å². The molecule has 0 bridgehead atoms. The smallest absolute Gasteiger partial charge is 0.315 e. The van der Waals surface area contributed by atoms with Crippen LogP contribution < -0.4 is 20.7 Å². The van der Waals surface area contributed by atoms with Crippen LogP contribution in [0.5, 0.6) is 5.75 Å². The van der Waals surface area contributed by atoms with Crippen molar-refractivity contribution >= 4 is 17.6 Å². The van der Waals surface area contributed by atoms with Gasteiger partial charge in [0.2, 0.25) is 5.91 Å². The first-order valence-corrected chi connectivity index (χ1v) is 7.76. The average Bonchev–Trinajstić information content (AvgIpc) is 2.52. The summed E-state index contributed by atoms with van der Waals surface area (Å²) in [5.41, 5.74) is 0.681. The van der Waals surface area contributed by atoms with Crippen LogP contribution >= 0.6 is 0 Å². The number of hydrogen-bond donors (Lipinski definition) is 3. The summed E-state index contributed by atoms with van der Waals surface area (Å²) in [5, 5.41) is 8.37. The van der Waals surface area contributed by atoms with E-state index >= 15 is 0 Å². The fourth-order valence-corrected chi connectivity index (χ4v) is 2.28. The Morgan fingerprint density at radius 1 is 1.30 bits per heavy atom. The van der Waals surface area contributed by atoms with Gasteiger partial charge in [-0.25, -0.2) is 4.79 Å². The monoisotopic (exact) mass is 321 g/mol. The minimum absolute atomic E-state index is 0.131. The van der Waals surface area contributed by atoms with Gasteiger partial charge >= 0.3 is 6.03 Å². The molecule has 1 fully saturated rings. The molecule has 2 rings (SSSR count). The van der Waals surface area contributed by atoms with Crippen LogP contribution in [0.1, 0.15) is 19.8 Å². The Bertz CT molecular complexity index is 530. The lowest BCUT2D eigenvalue weighted by Crippen LogP contribution is -2.45. The molecule has 1 aromatic rings. The second kappa shape index (κ2) is 8.99. The van der Waals surface area contributed by atoms with Gasteiger partial charge in [-0.15, -0.1) is 0 Å². The lowest BCUT2D eigenvalue weighted by atomic mass is 10.1. The van der Waals surface area contributed by atoms with Gasteiger partial charge in [0, 0.05) is 37.9 Å². The highest BCUT2D eigenvalue weighted by Crippen LogP contribution is 2.17. The van der Waals surface area contributed by atoms with Gasteiger partial charge in [-0.2, -0.15) is 0 Å². The highest BCUT2D eigenvalue weighted by Gasteiger charge is 2.15. The SMILES string of the molecule is CC(=O)Nc1cccc(OCCNC(=O)NC2CCOCC2)c1. The number of nitrogens with one attached hydrogen (secondary N) is 3. The molecule has 1 saturated heterocycles. The zero-order valence-corrected chi connectivity index (χ0v) is 13.3. The topological polar surface area (TPSA) is 88.7 Å². The largest absolute Gasteiger partial charge is 0.492 e. The molecule has 0 aromatic heterocycles. The van der Waals surface area contributed by atoms with Gasteiger partial charge in [-0.3, -0.25) is 4.79 Å². The first kappa shape index (κ1) is 17.1. The third-order valence-electron chi connectivity index (χ3n) is 3.37. The molecule has 0 atom stereocenters. The lowest BCUT2D eigenvalue weighted by molar-refractivity contribution is -0.114. The molecule has 3 N–H and O–H groups in total. The van der Waals surface area contributed by atoms with Gasteiger partial charge in [0.1, 0.15) is 12.4 Å².